The average molecular weight is 427 g/mol. The number of hydrogen-bond donors (Lipinski definition) is 2. The highest BCUT2D eigenvalue weighted by atomic mass is 16.5. The van der Waals surface area contributed by atoms with E-state index in [2.05, 4.69) is 29.0 Å². The summed E-state index contributed by atoms with van der Waals surface area (Å²) >= 11 is 0. The van der Waals surface area contributed by atoms with Crippen molar-refractivity contribution in [2.45, 2.75) is 39.7 Å². The number of aromatic nitrogens is 1. The molecule has 1 aromatic heterocycles. The zero-order chi connectivity index (χ0) is 22.9. The van der Waals surface area contributed by atoms with Crippen molar-refractivity contribution in [3.05, 3.63) is 36.0 Å². The first-order valence-electron chi connectivity index (χ1n) is 10.3. The molecule has 8 nitrogen and oxygen atoms in total. The summed E-state index contributed by atoms with van der Waals surface area (Å²) in [4.78, 5) is 32.5. The first kappa shape index (κ1) is 22.4. The molecule has 0 saturated carbocycles. The second-order valence-electron chi connectivity index (χ2n) is 8.66. The van der Waals surface area contributed by atoms with E-state index in [0.29, 0.717) is 23.2 Å². The minimum Gasteiger partial charge on any atom is -0.495 e. The molecular weight excluding hydrogens is 396 g/mol. The van der Waals surface area contributed by atoms with Gasteiger partial charge in [-0.1, -0.05) is 13.8 Å². The van der Waals surface area contributed by atoms with Crippen LogP contribution in [-0.2, 0) is 4.79 Å². The number of fused-ring (bicyclic) bond motifs is 1. The fourth-order valence-electron chi connectivity index (χ4n) is 3.77. The highest BCUT2D eigenvalue weighted by Gasteiger charge is 2.43. The summed E-state index contributed by atoms with van der Waals surface area (Å²) < 4.78 is 5.35. The van der Waals surface area contributed by atoms with E-state index in [9.17, 15) is 14.7 Å². The van der Waals surface area contributed by atoms with Crippen molar-refractivity contribution in [3.63, 3.8) is 0 Å². The van der Waals surface area contributed by atoms with Crippen molar-refractivity contribution in [1.82, 2.24) is 4.98 Å². The van der Waals surface area contributed by atoms with Crippen LogP contribution in [-0.4, -0.2) is 48.2 Å². The second-order valence-corrected chi connectivity index (χ2v) is 8.66. The molecule has 3 rings (SSSR count). The number of anilines is 4. The van der Waals surface area contributed by atoms with E-state index in [4.69, 9.17) is 4.74 Å². The summed E-state index contributed by atoms with van der Waals surface area (Å²) in [5, 5.41) is 12.4. The van der Waals surface area contributed by atoms with Gasteiger partial charge in [0.1, 0.15) is 17.1 Å². The van der Waals surface area contributed by atoms with E-state index in [1.807, 2.05) is 19.9 Å². The van der Waals surface area contributed by atoms with Gasteiger partial charge in [-0.25, -0.2) is 9.78 Å². The summed E-state index contributed by atoms with van der Waals surface area (Å²) in [5.74, 6) is 0.493. The molecule has 2 N–H and O–H groups in total. The number of pyridine rings is 1. The van der Waals surface area contributed by atoms with Gasteiger partial charge in [0.15, 0.2) is 0 Å². The summed E-state index contributed by atoms with van der Waals surface area (Å²) in [6, 6.07) is 6.55. The zero-order valence-electron chi connectivity index (χ0n) is 18.9. The highest BCUT2D eigenvalue weighted by molar-refractivity contribution is 6.07. The number of methoxy groups -OCH3 is 1. The highest BCUT2D eigenvalue weighted by Crippen LogP contribution is 2.41. The van der Waals surface area contributed by atoms with Gasteiger partial charge in [-0.15, -0.1) is 0 Å². The van der Waals surface area contributed by atoms with Crippen LogP contribution in [0.25, 0.3) is 0 Å². The zero-order valence-corrected chi connectivity index (χ0v) is 18.9. The number of ether oxygens (including phenoxy) is 1. The van der Waals surface area contributed by atoms with Gasteiger partial charge in [0.2, 0.25) is 0 Å². The Balaban J connectivity index is 2.00. The lowest BCUT2D eigenvalue weighted by Gasteiger charge is -2.47. The lowest BCUT2D eigenvalue weighted by atomic mass is 9.94. The van der Waals surface area contributed by atoms with E-state index in [1.54, 1.807) is 24.2 Å². The molecule has 1 amide bonds. The Hall–Kier alpha value is -3.29. The Morgan fingerprint density at radius 3 is 2.58 bits per heavy atom. The fourth-order valence-corrected chi connectivity index (χ4v) is 3.77. The number of hydrogen-bond acceptors (Lipinski definition) is 6. The molecule has 2 aromatic rings. The molecule has 1 aliphatic rings. The van der Waals surface area contributed by atoms with Gasteiger partial charge < -0.3 is 25.0 Å². The standard InChI is InChI=1S/C23H30N4O4/c1-14(2)9-10-27-17-12-20(24-13-18(17)26(5)22(30)23(27,3)4)25-16-8-7-15(21(28)29)11-19(16)31-6/h7-8,11-14H,9-10H2,1-6H3,(H,24,25)(H,28,29). The van der Waals surface area contributed by atoms with Crippen LogP contribution in [0.5, 0.6) is 5.75 Å². The maximum absolute atomic E-state index is 13.0. The Bertz CT molecular complexity index is 1000. The Morgan fingerprint density at radius 1 is 1.26 bits per heavy atom. The number of rotatable bonds is 7. The molecule has 0 atom stereocenters. The van der Waals surface area contributed by atoms with E-state index in [-0.39, 0.29) is 11.5 Å². The molecular formula is C23H30N4O4. The molecule has 0 saturated heterocycles. The number of nitrogens with one attached hydrogen (secondary N) is 1. The van der Waals surface area contributed by atoms with E-state index in [0.717, 1.165) is 24.3 Å². The average Bonchev–Trinajstić information content (AvgIpc) is 2.72. The van der Waals surface area contributed by atoms with Crippen molar-refractivity contribution in [2.24, 2.45) is 5.92 Å². The summed E-state index contributed by atoms with van der Waals surface area (Å²) in [5.41, 5.74) is 1.74. The molecule has 1 aromatic carbocycles. The molecule has 0 fully saturated rings. The lowest BCUT2D eigenvalue weighted by Crippen LogP contribution is -2.59. The number of carboxylic acid groups (broad SMARTS) is 1. The van der Waals surface area contributed by atoms with Crippen LogP contribution in [0.3, 0.4) is 0 Å². The molecule has 0 unspecified atom stereocenters. The Labute approximate surface area is 182 Å². The number of carboxylic acids is 1. The Kier molecular flexibility index (Phi) is 6.10. The molecule has 0 radical (unpaired) electrons. The maximum Gasteiger partial charge on any atom is 0.335 e. The third kappa shape index (κ3) is 4.28. The minimum atomic E-state index is -1.02. The van der Waals surface area contributed by atoms with Crippen molar-refractivity contribution in [2.75, 3.05) is 35.8 Å². The topological polar surface area (TPSA) is 95.0 Å². The Morgan fingerprint density at radius 2 is 1.97 bits per heavy atom. The van der Waals surface area contributed by atoms with Gasteiger partial charge in [0, 0.05) is 19.7 Å². The van der Waals surface area contributed by atoms with Crippen molar-refractivity contribution < 1.29 is 19.4 Å². The van der Waals surface area contributed by atoms with Crippen molar-refractivity contribution in [3.8, 4) is 5.75 Å². The fraction of sp³-hybridized carbons (Fsp3) is 0.435. The maximum atomic E-state index is 13.0. The number of likely N-dealkylation sites (N-methyl/N-ethyl adjacent to an activating group) is 1. The van der Waals surface area contributed by atoms with Gasteiger partial charge in [0.25, 0.3) is 5.91 Å². The number of benzene rings is 1. The number of amides is 1. The third-order valence-electron chi connectivity index (χ3n) is 5.66. The summed E-state index contributed by atoms with van der Waals surface area (Å²) in [6.45, 7) is 8.96. The van der Waals surface area contributed by atoms with Crippen LogP contribution in [0, 0.1) is 5.92 Å². The van der Waals surface area contributed by atoms with Crippen LogP contribution in [0.15, 0.2) is 30.5 Å². The SMILES string of the molecule is COc1cc(C(=O)O)ccc1Nc1cc2c(cn1)N(C)C(=O)C(C)(C)N2CCC(C)C. The number of carbonyl (C=O) groups excluding carboxylic acids is 1. The van der Waals surface area contributed by atoms with Crippen LogP contribution in [0.1, 0.15) is 44.5 Å². The van der Waals surface area contributed by atoms with Crippen LogP contribution >= 0.6 is 0 Å². The predicted molar refractivity (Wildman–Crippen MR) is 122 cm³/mol. The first-order valence-corrected chi connectivity index (χ1v) is 10.3. The smallest absolute Gasteiger partial charge is 0.335 e. The van der Waals surface area contributed by atoms with Crippen molar-refractivity contribution in [1.29, 1.82) is 0 Å². The predicted octanol–water partition coefficient (Wildman–Crippen LogP) is 4.14. The summed E-state index contributed by atoms with van der Waals surface area (Å²) in [7, 11) is 3.26. The molecule has 8 heteroatoms. The van der Waals surface area contributed by atoms with E-state index >= 15 is 0 Å². The minimum absolute atomic E-state index is 0.0252. The van der Waals surface area contributed by atoms with Gasteiger partial charge in [0.05, 0.1) is 35.9 Å². The molecule has 2 heterocycles. The lowest BCUT2D eigenvalue weighted by molar-refractivity contribution is -0.122. The first-order chi connectivity index (χ1) is 14.6. The molecule has 0 aliphatic carbocycles. The van der Waals surface area contributed by atoms with Gasteiger partial charge >= 0.3 is 5.97 Å². The van der Waals surface area contributed by atoms with Crippen LogP contribution in [0.2, 0.25) is 0 Å². The van der Waals surface area contributed by atoms with E-state index < -0.39 is 11.5 Å². The normalized spacial score (nSPS) is 15.1. The van der Waals surface area contributed by atoms with Crippen molar-refractivity contribution >= 4 is 34.8 Å². The molecule has 0 bridgehead atoms. The van der Waals surface area contributed by atoms with E-state index in [1.165, 1.54) is 19.2 Å². The number of nitrogens with zero attached hydrogens (tertiary/aromatic N) is 3. The number of carbonyl (C=O) groups is 2. The second kappa shape index (κ2) is 8.45. The van der Waals surface area contributed by atoms with Gasteiger partial charge in [-0.2, -0.15) is 0 Å². The quantitative estimate of drug-likeness (QED) is 0.687. The van der Waals surface area contributed by atoms with Gasteiger partial charge in [-0.3, -0.25) is 4.79 Å². The molecule has 166 valence electrons. The monoisotopic (exact) mass is 426 g/mol. The molecule has 31 heavy (non-hydrogen) atoms. The molecule has 1 aliphatic heterocycles. The van der Waals surface area contributed by atoms with Gasteiger partial charge in [-0.05, 0) is 44.4 Å². The molecule has 0 spiro atoms. The van der Waals surface area contributed by atoms with Crippen LogP contribution < -0.4 is 19.9 Å². The third-order valence-corrected chi connectivity index (χ3v) is 5.66. The summed E-state index contributed by atoms with van der Waals surface area (Å²) in [6.07, 6.45) is 2.64. The number of aromatic carboxylic acids is 1. The van der Waals surface area contributed by atoms with Crippen LogP contribution in [0.4, 0.5) is 22.9 Å². The largest absolute Gasteiger partial charge is 0.495 e.